The van der Waals surface area contributed by atoms with E-state index in [1.807, 2.05) is 0 Å². The smallest absolute Gasteiger partial charge is 0.277 e. The van der Waals surface area contributed by atoms with Crippen molar-refractivity contribution in [2.75, 3.05) is 32.9 Å². The molecule has 0 radical (unpaired) electrons. The van der Waals surface area contributed by atoms with E-state index in [1.54, 1.807) is 12.1 Å². The molecule has 22 heavy (non-hydrogen) atoms. The van der Waals surface area contributed by atoms with Gasteiger partial charge < -0.3 is 14.7 Å². The van der Waals surface area contributed by atoms with Crippen LogP contribution in [0, 0.1) is 11.9 Å². The van der Waals surface area contributed by atoms with Crippen molar-refractivity contribution in [2.24, 2.45) is 5.92 Å². The zero-order valence-electron chi connectivity index (χ0n) is 11.7. The first kappa shape index (κ1) is 15.2. The van der Waals surface area contributed by atoms with Gasteiger partial charge in [-0.15, -0.1) is 0 Å². The fraction of sp³-hybridized carbons (Fsp3) is 0.429. The molecular weight excluding hydrogens is 313 g/mol. The Labute approximate surface area is 131 Å². The molecule has 1 unspecified atom stereocenters. The minimum absolute atomic E-state index is 0.0902. The molecule has 1 fully saturated rings. The molecule has 3 rings (SSSR count). The lowest BCUT2D eigenvalue weighted by Gasteiger charge is -2.21. The van der Waals surface area contributed by atoms with Crippen LogP contribution in [0.1, 0.15) is 10.5 Å². The number of fused-ring (bicyclic) bond motifs is 1. The summed E-state index contributed by atoms with van der Waals surface area (Å²) in [6, 6.07) is 3.13. The summed E-state index contributed by atoms with van der Waals surface area (Å²) in [7, 11) is 0. The van der Waals surface area contributed by atoms with E-state index in [4.69, 9.17) is 16.3 Å². The van der Waals surface area contributed by atoms with Crippen molar-refractivity contribution in [1.82, 2.24) is 14.3 Å². The minimum atomic E-state index is -0.742. The van der Waals surface area contributed by atoms with Gasteiger partial charge in [0.15, 0.2) is 5.69 Å². The van der Waals surface area contributed by atoms with Crippen molar-refractivity contribution >= 4 is 23.2 Å². The molecule has 118 valence electrons. The van der Waals surface area contributed by atoms with Crippen molar-refractivity contribution in [2.45, 2.75) is 0 Å². The number of carbonyl (C=O) groups is 1. The molecule has 0 bridgehead atoms. The van der Waals surface area contributed by atoms with Crippen LogP contribution in [0.25, 0.3) is 5.65 Å². The largest absolute Gasteiger partial charge is 0.396 e. The Hall–Kier alpha value is -1.70. The Morgan fingerprint density at radius 1 is 1.55 bits per heavy atom. The predicted molar refractivity (Wildman–Crippen MR) is 77.5 cm³/mol. The minimum Gasteiger partial charge on any atom is -0.396 e. The maximum atomic E-state index is 14.4. The molecule has 2 aromatic rings. The second-order valence-corrected chi connectivity index (χ2v) is 5.64. The fourth-order valence-corrected chi connectivity index (χ4v) is 2.61. The Balaban J connectivity index is 1.92. The van der Waals surface area contributed by atoms with Crippen molar-refractivity contribution in [3.8, 4) is 0 Å². The lowest BCUT2D eigenvalue weighted by Crippen LogP contribution is -2.37. The van der Waals surface area contributed by atoms with Crippen LogP contribution < -0.4 is 0 Å². The highest BCUT2D eigenvalue weighted by atomic mass is 35.5. The van der Waals surface area contributed by atoms with Crippen LogP contribution >= 0.6 is 11.6 Å². The van der Waals surface area contributed by atoms with Gasteiger partial charge in [-0.05, 0) is 12.1 Å². The Kier molecular flexibility index (Phi) is 4.28. The first-order chi connectivity index (χ1) is 10.6. The highest BCUT2D eigenvalue weighted by molar-refractivity contribution is 6.30. The number of hydrogen-bond donors (Lipinski definition) is 1. The molecule has 1 atom stereocenters. The SMILES string of the molecule is O=C(c1nc2ccc(Cl)cn2c1F)N1CCOCC(CO)C1. The number of rotatable bonds is 2. The number of carbonyl (C=O) groups excluding carboxylic acids is 1. The fourth-order valence-electron chi connectivity index (χ4n) is 2.45. The van der Waals surface area contributed by atoms with E-state index >= 15 is 0 Å². The van der Waals surface area contributed by atoms with E-state index in [1.165, 1.54) is 11.1 Å². The van der Waals surface area contributed by atoms with Gasteiger partial charge in [-0.1, -0.05) is 11.6 Å². The molecule has 1 saturated heterocycles. The Morgan fingerprint density at radius 2 is 2.36 bits per heavy atom. The normalized spacial score (nSPS) is 19.4. The van der Waals surface area contributed by atoms with Crippen molar-refractivity contribution in [3.05, 3.63) is 35.0 Å². The van der Waals surface area contributed by atoms with Gasteiger partial charge in [0.25, 0.3) is 5.91 Å². The number of hydrogen-bond acceptors (Lipinski definition) is 4. The average molecular weight is 328 g/mol. The van der Waals surface area contributed by atoms with Crippen molar-refractivity contribution < 1.29 is 19.0 Å². The number of amides is 1. The van der Waals surface area contributed by atoms with Crippen LogP contribution in [-0.2, 0) is 4.74 Å². The summed E-state index contributed by atoms with van der Waals surface area (Å²) in [5.74, 6) is -1.43. The van der Waals surface area contributed by atoms with E-state index in [-0.39, 0.29) is 18.2 Å². The lowest BCUT2D eigenvalue weighted by molar-refractivity contribution is 0.0717. The topological polar surface area (TPSA) is 67.1 Å². The predicted octanol–water partition coefficient (Wildman–Crippen LogP) is 1.21. The molecule has 6 nitrogen and oxygen atoms in total. The summed E-state index contributed by atoms with van der Waals surface area (Å²) in [5.41, 5.74) is 0.0656. The molecule has 1 aliphatic heterocycles. The molecule has 1 aliphatic rings. The van der Waals surface area contributed by atoms with E-state index in [0.29, 0.717) is 37.0 Å². The average Bonchev–Trinajstić information content (AvgIpc) is 2.71. The van der Waals surface area contributed by atoms with Gasteiger partial charge in [-0.25, -0.2) is 4.98 Å². The van der Waals surface area contributed by atoms with Crippen molar-refractivity contribution in [3.63, 3.8) is 0 Å². The molecule has 0 aliphatic carbocycles. The van der Waals surface area contributed by atoms with E-state index in [0.717, 1.165) is 4.40 Å². The summed E-state index contributed by atoms with van der Waals surface area (Å²) in [6.07, 6.45) is 1.37. The zero-order valence-corrected chi connectivity index (χ0v) is 12.5. The van der Waals surface area contributed by atoms with Gasteiger partial charge in [-0.3, -0.25) is 9.20 Å². The third-order valence-electron chi connectivity index (χ3n) is 3.61. The molecule has 1 N–H and O–H groups in total. The second kappa shape index (κ2) is 6.20. The van der Waals surface area contributed by atoms with Gasteiger partial charge in [-0.2, -0.15) is 4.39 Å². The van der Waals surface area contributed by atoms with Gasteiger partial charge in [0.05, 0.1) is 18.2 Å². The van der Waals surface area contributed by atoms with Gasteiger partial charge in [0, 0.05) is 31.8 Å². The molecule has 8 heteroatoms. The molecule has 2 aromatic heterocycles. The number of aromatic nitrogens is 2. The number of nitrogens with zero attached hydrogens (tertiary/aromatic N) is 3. The number of pyridine rings is 1. The Bertz CT molecular complexity index is 706. The molecule has 0 saturated carbocycles. The highest BCUT2D eigenvalue weighted by Crippen LogP contribution is 2.18. The first-order valence-electron chi connectivity index (χ1n) is 6.91. The molecular formula is C14H15ClFN3O3. The van der Waals surface area contributed by atoms with Gasteiger partial charge in [0.1, 0.15) is 5.65 Å². The summed E-state index contributed by atoms with van der Waals surface area (Å²) < 4.78 is 20.9. The monoisotopic (exact) mass is 327 g/mol. The van der Waals surface area contributed by atoms with Crippen LogP contribution in [0.15, 0.2) is 18.3 Å². The highest BCUT2D eigenvalue weighted by Gasteiger charge is 2.27. The third kappa shape index (κ3) is 2.79. The van der Waals surface area contributed by atoms with Crippen LogP contribution in [0.4, 0.5) is 4.39 Å². The summed E-state index contributed by atoms with van der Waals surface area (Å²) in [5, 5.41) is 9.61. The van der Waals surface area contributed by atoms with Crippen LogP contribution in [0.5, 0.6) is 0 Å². The van der Waals surface area contributed by atoms with Crippen LogP contribution in [0.3, 0.4) is 0 Å². The zero-order chi connectivity index (χ0) is 15.7. The standard InChI is InChI=1S/C14H15ClFN3O3/c15-10-1-2-11-17-12(13(16)19(11)6-10)14(21)18-3-4-22-8-9(5-18)7-20/h1-2,6,9,20H,3-5,7-8H2. The second-order valence-electron chi connectivity index (χ2n) is 5.20. The van der Waals surface area contributed by atoms with E-state index in [9.17, 15) is 14.3 Å². The van der Waals surface area contributed by atoms with E-state index < -0.39 is 11.9 Å². The molecule has 0 aromatic carbocycles. The van der Waals surface area contributed by atoms with Crippen LogP contribution in [-0.4, -0.2) is 58.2 Å². The number of aliphatic hydroxyl groups excluding tert-OH is 1. The molecule has 0 spiro atoms. The summed E-state index contributed by atoms with van der Waals surface area (Å²) in [4.78, 5) is 18.0. The first-order valence-corrected chi connectivity index (χ1v) is 7.29. The molecule has 1 amide bonds. The van der Waals surface area contributed by atoms with Gasteiger partial charge >= 0.3 is 0 Å². The summed E-state index contributed by atoms with van der Waals surface area (Å²) in [6.45, 7) is 1.28. The summed E-state index contributed by atoms with van der Waals surface area (Å²) >= 11 is 5.83. The molecule has 3 heterocycles. The van der Waals surface area contributed by atoms with Crippen LogP contribution in [0.2, 0.25) is 5.02 Å². The van der Waals surface area contributed by atoms with Crippen molar-refractivity contribution in [1.29, 1.82) is 0 Å². The number of imidazole rings is 1. The number of ether oxygens (including phenoxy) is 1. The Morgan fingerprint density at radius 3 is 3.14 bits per heavy atom. The quantitative estimate of drug-likeness (QED) is 0.900. The van der Waals surface area contributed by atoms with Gasteiger partial charge in [0.2, 0.25) is 5.95 Å². The van der Waals surface area contributed by atoms with E-state index in [2.05, 4.69) is 4.98 Å². The number of halogens is 2. The lowest BCUT2D eigenvalue weighted by atomic mass is 10.1. The number of aliphatic hydroxyl groups is 1. The third-order valence-corrected chi connectivity index (χ3v) is 3.83. The maximum absolute atomic E-state index is 14.4. The maximum Gasteiger partial charge on any atom is 0.277 e.